The minimum atomic E-state index is -0.297. The monoisotopic (exact) mass is 429 g/mol. The van der Waals surface area contributed by atoms with Crippen LogP contribution < -0.4 is 15.5 Å². The quantitative estimate of drug-likeness (QED) is 0.524. The first-order chi connectivity index (χ1) is 14.4. The first-order valence-electron chi connectivity index (χ1n) is 10.3. The van der Waals surface area contributed by atoms with Crippen molar-refractivity contribution in [1.29, 1.82) is 0 Å². The van der Waals surface area contributed by atoms with Gasteiger partial charge in [0.25, 0.3) is 0 Å². The smallest absolute Gasteiger partial charge is 0.148 e. The molecule has 2 N–H and O–H groups in total. The highest BCUT2D eigenvalue weighted by Crippen LogP contribution is 2.35. The molecule has 0 radical (unpaired) electrons. The van der Waals surface area contributed by atoms with Gasteiger partial charge >= 0.3 is 0 Å². The molecule has 0 bridgehead atoms. The average Bonchev–Trinajstić information content (AvgIpc) is 3.27. The highest BCUT2D eigenvalue weighted by Gasteiger charge is 2.40. The molecule has 2 heterocycles. The van der Waals surface area contributed by atoms with Crippen molar-refractivity contribution in [2.45, 2.75) is 39.1 Å². The number of rotatable bonds is 6. The maximum absolute atomic E-state index is 14.9. The Morgan fingerprint density at radius 1 is 1.37 bits per heavy atom. The van der Waals surface area contributed by atoms with Crippen LogP contribution in [0.5, 0.6) is 0 Å². The van der Waals surface area contributed by atoms with Crippen molar-refractivity contribution in [3.8, 4) is 0 Å². The average molecular weight is 430 g/mol. The van der Waals surface area contributed by atoms with E-state index < -0.39 is 0 Å². The molecule has 0 spiro atoms. The third-order valence-electron chi connectivity index (χ3n) is 5.48. The lowest BCUT2D eigenvalue weighted by Gasteiger charge is -2.19. The summed E-state index contributed by atoms with van der Waals surface area (Å²) in [6, 6.07) is 5.26. The first-order valence-corrected chi connectivity index (χ1v) is 10.7. The zero-order chi connectivity index (χ0) is 21.3. The van der Waals surface area contributed by atoms with E-state index in [2.05, 4.69) is 36.6 Å². The van der Waals surface area contributed by atoms with Crippen molar-refractivity contribution in [3.63, 3.8) is 0 Å². The summed E-state index contributed by atoms with van der Waals surface area (Å²) >= 11 is 5.04. The van der Waals surface area contributed by atoms with Crippen LogP contribution in [0.4, 0.5) is 15.8 Å². The van der Waals surface area contributed by atoms with E-state index in [1.807, 2.05) is 30.0 Å². The topological polar surface area (TPSA) is 49.1 Å². The second-order valence-electron chi connectivity index (χ2n) is 8.19. The molecule has 1 aromatic rings. The number of hydrogen-bond donors (Lipinski definition) is 2. The van der Waals surface area contributed by atoms with E-state index in [1.165, 1.54) is 5.57 Å². The standard InChI is InChI=1S/C23H28FN3O2S/c1-14(2)16-5-4-6-22-23(29-22)21(9-16)26-20-8-7-17(10-19(20)24)27-12-18(28-13-27)11-25-15(3)30/h4-10,14,18,22-23,26H,11-13H2,1-3H3,(H,25,30)/b6-4-,16-5+,21-9+/t18-,22?,23?/m0/s1. The van der Waals surface area contributed by atoms with Crippen molar-refractivity contribution in [2.75, 3.05) is 30.0 Å². The lowest BCUT2D eigenvalue weighted by atomic mass is 9.98. The number of allylic oxidation sites excluding steroid dienone is 4. The molecule has 7 heteroatoms. The third-order valence-corrected chi connectivity index (χ3v) is 5.62. The second kappa shape index (κ2) is 8.88. The third kappa shape index (κ3) is 4.91. The minimum Gasteiger partial charge on any atom is -0.377 e. The Hall–Kier alpha value is -2.22. The summed E-state index contributed by atoms with van der Waals surface area (Å²) in [6.45, 7) is 7.92. The molecule has 1 aromatic carbocycles. The lowest BCUT2D eigenvalue weighted by molar-refractivity contribution is 0.119. The lowest BCUT2D eigenvalue weighted by Crippen LogP contribution is -2.32. The number of thiocarbonyl (C=S) groups is 1. The molecule has 2 fully saturated rings. The maximum atomic E-state index is 14.9. The number of nitrogens with zero attached hydrogens (tertiary/aromatic N) is 1. The van der Waals surface area contributed by atoms with Gasteiger partial charge in [-0.05, 0) is 42.7 Å². The number of hydrogen-bond acceptors (Lipinski definition) is 5. The summed E-state index contributed by atoms with van der Waals surface area (Å²) in [6.07, 6.45) is 8.29. The largest absolute Gasteiger partial charge is 0.377 e. The van der Waals surface area contributed by atoms with Gasteiger partial charge in [-0.2, -0.15) is 0 Å². The fourth-order valence-corrected chi connectivity index (χ4v) is 3.72. The van der Waals surface area contributed by atoms with Gasteiger partial charge in [0.1, 0.15) is 24.8 Å². The Kier molecular flexibility index (Phi) is 6.22. The van der Waals surface area contributed by atoms with Gasteiger partial charge in [0, 0.05) is 24.5 Å². The number of anilines is 2. The molecule has 0 saturated carbocycles. The molecule has 1 aliphatic carbocycles. The Balaban J connectivity index is 1.45. The summed E-state index contributed by atoms with van der Waals surface area (Å²) in [5, 5.41) is 6.39. The van der Waals surface area contributed by atoms with Crippen molar-refractivity contribution < 1.29 is 13.9 Å². The van der Waals surface area contributed by atoms with E-state index in [1.54, 1.807) is 12.1 Å². The molecule has 2 saturated heterocycles. The fourth-order valence-electron chi connectivity index (χ4n) is 3.64. The molecular weight excluding hydrogens is 401 g/mol. The molecule has 0 amide bonds. The van der Waals surface area contributed by atoms with Gasteiger partial charge in [0.05, 0.1) is 16.8 Å². The van der Waals surface area contributed by atoms with E-state index in [-0.39, 0.29) is 24.1 Å². The molecule has 30 heavy (non-hydrogen) atoms. The van der Waals surface area contributed by atoms with Gasteiger partial charge in [-0.25, -0.2) is 4.39 Å². The highest BCUT2D eigenvalue weighted by molar-refractivity contribution is 7.80. The Bertz CT molecular complexity index is 912. The fraction of sp³-hybridized carbons (Fsp3) is 0.435. The van der Waals surface area contributed by atoms with Gasteiger partial charge in [-0.3, -0.25) is 0 Å². The van der Waals surface area contributed by atoms with Crippen molar-refractivity contribution >= 4 is 28.6 Å². The van der Waals surface area contributed by atoms with Gasteiger partial charge in [-0.1, -0.05) is 44.3 Å². The van der Waals surface area contributed by atoms with Crippen LogP contribution in [0, 0.1) is 11.7 Å². The Labute approximate surface area is 182 Å². The Morgan fingerprint density at radius 3 is 2.93 bits per heavy atom. The SMILES string of the molecule is CC(=S)NC[C@H]1CN(c2ccc(N/C3=C/C(C(C)C)=C\C=C/C4OC34)c(F)c2)CO1. The van der Waals surface area contributed by atoms with Crippen molar-refractivity contribution in [2.24, 2.45) is 5.92 Å². The van der Waals surface area contributed by atoms with E-state index in [4.69, 9.17) is 21.7 Å². The molecule has 0 aromatic heterocycles. The molecule has 4 rings (SSSR count). The van der Waals surface area contributed by atoms with Crippen LogP contribution in [0.15, 0.2) is 53.8 Å². The number of nitrogens with one attached hydrogen (secondary N) is 2. The number of halogens is 1. The van der Waals surface area contributed by atoms with Crippen LogP contribution in [-0.4, -0.2) is 43.1 Å². The maximum Gasteiger partial charge on any atom is 0.148 e. The van der Waals surface area contributed by atoms with E-state index in [0.717, 1.165) is 16.4 Å². The van der Waals surface area contributed by atoms with Gasteiger partial charge in [0.2, 0.25) is 0 Å². The number of benzene rings is 1. The summed E-state index contributed by atoms with van der Waals surface area (Å²) in [5.74, 6) is 0.0724. The van der Waals surface area contributed by atoms with Crippen LogP contribution >= 0.6 is 12.2 Å². The molecule has 5 nitrogen and oxygen atoms in total. The number of fused-ring (bicyclic) bond motifs is 1. The predicted octanol–water partition coefficient (Wildman–Crippen LogP) is 4.14. The van der Waals surface area contributed by atoms with Crippen LogP contribution in [0.3, 0.4) is 0 Å². The van der Waals surface area contributed by atoms with Crippen LogP contribution in [0.25, 0.3) is 0 Å². The van der Waals surface area contributed by atoms with E-state index >= 15 is 0 Å². The second-order valence-corrected chi connectivity index (χ2v) is 8.81. The van der Waals surface area contributed by atoms with Crippen molar-refractivity contribution in [1.82, 2.24) is 5.32 Å². The molecule has 2 unspecified atom stereocenters. The van der Waals surface area contributed by atoms with Crippen LogP contribution in [0.2, 0.25) is 0 Å². The zero-order valence-corrected chi connectivity index (χ0v) is 18.3. The van der Waals surface area contributed by atoms with E-state index in [9.17, 15) is 4.39 Å². The summed E-state index contributed by atoms with van der Waals surface area (Å²) in [5.41, 5.74) is 3.32. The first kappa shape index (κ1) is 21.0. The van der Waals surface area contributed by atoms with Gasteiger partial charge in [0.15, 0.2) is 0 Å². The van der Waals surface area contributed by atoms with Gasteiger partial charge < -0.3 is 25.0 Å². The normalized spacial score (nSPS) is 29.8. The van der Waals surface area contributed by atoms with Crippen LogP contribution in [-0.2, 0) is 9.47 Å². The minimum absolute atomic E-state index is 0.0297. The summed E-state index contributed by atoms with van der Waals surface area (Å²) < 4.78 is 26.4. The van der Waals surface area contributed by atoms with Gasteiger partial charge in [-0.15, -0.1) is 0 Å². The predicted molar refractivity (Wildman–Crippen MR) is 122 cm³/mol. The molecule has 2 aliphatic heterocycles. The highest BCUT2D eigenvalue weighted by atomic mass is 32.1. The summed E-state index contributed by atoms with van der Waals surface area (Å²) in [7, 11) is 0. The van der Waals surface area contributed by atoms with E-state index in [0.29, 0.717) is 31.4 Å². The number of epoxide rings is 1. The molecule has 3 atom stereocenters. The zero-order valence-electron chi connectivity index (χ0n) is 17.5. The number of ether oxygens (including phenoxy) is 2. The Morgan fingerprint density at radius 2 is 2.20 bits per heavy atom. The summed E-state index contributed by atoms with van der Waals surface area (Å²) in [4.78, 5) is 2.77. The molecule has 160 valence electrons. The molecule has 3 aliphatic rings. The molecular formula is C23H28FN3O2S. The van der Waals surface area contributed by atoms with Crippen molar-refractivity contribution in [3.05, 3.63) is 59.6 Å². The van der Waals surface area contributed by atoms with Crippen LogP contribution in [0.1, 0.15) is 20.8 Å².